The van der Waals surface area contributed by atoms with Crippen molar-refractivity contribution in [2.24, 2.45) is 0 Å². The fourth-order valence-electron chi connectivity index (χ4n) is 8.56. The van der Waals surface area contributed by atoms with E-state index in [0.717, 1.165) is 17.1 Å². The first kappa shape index (κ1) is 30.4. The van der Waals surface area contributed by atoms with Gasteiger partial charge in [-0.05, 0) is 125 Å². The van der Waals surface area contributed by atoms with Gasteiger partial charge in [0.2, 0.25) is 0 Å². The molecule has 9 aromatic rings. The molecule has 0 aliphatic heterocycles. The molecule has 0 atom stereocenters. The fourth-order valence-corrected chi connectivity index (χ4v) is 8.56. The molecule has 0 spiro atoms. The highest BCUT2D eigenvalue weighted by molar-refractivity contribution is 6.14. The maximum Gasteiger partial charge on any atom is 0.0467 e. The van der Waals surface area contributed by atoms with Gasteiger partial charge in [-0.25, -0.2) is 0 Å². The lowest BCUT2D eigenvalue weighted by molar-refractivity contribution is 0.660. The summed E-state index contributed by atoms with van der Waals surface area (Å²) in [6.45, 7) is 4.71. The van der Waals surface area contributed by atoms with Gasteiger partial charge in [-0.3, -0.25) is 0 Å². The Morgan fingerprint density at radius 3 is 1.81 bits per heavy atom. The van der Waals surface area contributed by atoms with Crippen molar-refractivity contribution in [1.29, 1.82) is 0 Å². The van der Waals surface area contributed by atoms with E-state index < -0.39 is 0 Å². The highest BCUT2D eigenvalue weighted by atomic mass is 15.1. The van der Waals surface area contributed by atoms with Gasteiger partial charge in [-0.15, -0.1) is 0 Å². The van der Waals surface area contributed by atoms with E-state index in [0.29, 0.717) is 0 Å². The van der Waals surface area contributed by atoms with Crippen molar-refractivity contribution in [2.75, 3.05) is 4.90 Å². The van der Waals surface area contributed by atoms with Crippen LogP contribution in [0.1, 0.15) is 25.0 Å². The van der Waals surface area contributed by atoms with Crippen molar-refractivity contribution >= 4 is 49.4 Å². The molecule has 0 amide bonds. The molecular weight excluding hydrogens is 627 g/mol. The first-order valence-electron chi connectivity index (χ1n) is 18.2. The Morgan fingerprint density at radius 2 is 0.962 bits per heavy atom. The maximum absolute atomic E-state index is 2.43. The summed E-state index contributed by atoms with van der Waals surface area (Å²) in [6.07, 6.45) is 0. The molecule has 1 aliphatic rings. The van der Waals surface area contributed by atoms with Crippen molar-refractivity contribution in [3.8, 4) is 33.4 Å². The van der Waals surface area contributed by atoms with E-state index in [1.807, 2.05) is 0 Å². The van der Waals surface area contributed by atoms with Crippen LogP contribution in [0.25, 0.3) is 65.7 Å². The average Bonchev–Trinajstić information content (AvgIpc) is 3.43. The van der Waals surface area contributed by atoms with Crippen LogP contribution in [0.4, 0.5) is 17.1 Å². The van der Waals surface area contributed by atoms with Crippen LogP contribution in [0.2, 0.25) is 0 Å². The second-order valence-corrected chi connectivity index (χ2v) is 14.6. The van der Waals surface area contributed by atoms with Gasteiger partial charge in [0.1, 0.15) is 0 Å². The Morgan fingerprint density at radius 1 is 0.327 bits per heavy atom. The Labute approximate surface area is 305 Å². The van der Waals surface area contributed by atoms with Gasteiger partial charge in [0.25, 0.3) is 0 Å². The van der Waals surface area contributed by atoms with E-state index in [9.17, 15) is 0 Å². The molecular formula is C51H37N. The van der Waals surface area contributed by atoms with E-state index in [1.165, 1.54) is 76.8 Å². The van der Waals surface area contributed by atoms with E-state index >= 15 is 0 Å². The maximum atomic E-state index is 2.43. The van der Waals surface area contributed by atoms with E-state index in [-0.39, 0.29) is 5.41 Å². The van der Waals surface area contributed by atoms with Crippen LogP contribution in [-0.4, -0.2) is 0 Å². The zero-order valence-electron chi connectivity index (χ0n) is 29.3. The van der Waals surface area contributed by atoms with Crippen molar-refractivity contribution in [1.82, 2.24) is 0 Å². The number of rotatable bonds is 5. The van der Waals surface area contributed by atoms with Gasteiger partial charge in [0.15, 0.2) is 0 Å². The number of hydrogen-bond acceptors (Lipinski definition) is 1. The summed E-state index contributed by atoms with van der Waals surface area (Å²) in [6, 6.07) is 69.3. The minimum Gasteiger partial charge on any atom is -0.310 e. The average molecular weight is 664 g/mol. The normalized spacial score (nSPS) is 13.0. The van der Waals surface area contributed by atoms with E-state index in [1.54, 1.807) is 0 Å². The van der Waals surface area contributed by atoms with Crippen molar-refractivity contribution < 1.29 is 0 Å². The predicted octanol–water partition coefficient (Wildman–Crippen LogP) is 14.3. The molecule has 0 saturated carbocycles. The minimum absolute atomic E-state index is 0.0978. The topological polar surface area (TPSA) is 3.24 Å². The minimum atomic E-state index is -0.0978. The first-order valence-corrected chi connectivity index (χ1v) is 18.2. The number of hydrogen-bond donors (Lipinski definition) is 0. The van der Waals surface area contributed by atoms with Gasteiger partial charge in [-0.1, -0.05) is 153 Å². The summed E-state index contributed by atoms with van der Waals surface area (Å²) < 4.78 is 0. The predicted molar refractivity (Wildman–Crippen MR) is 222 cm³/mol. The highest BCUT2D eigenvalue weighted by Gasteiger charge is 2.35. The largest absolute Gasteiger partial charge is 0.310 e. The number of fused-ring (bicyclic) bond motifs is 7. The van der Waals surface area contributed by atoms with Crippen molar-refractivity contribution in [3.05, 3.63) is 199 Å². The van der Waals surface area contributed by atoms with Crippen LogP contribution in [0.5, 0.6) is 0 Å². The molecule has 1 heteroatoms. The molecule has 10 rings (SSSR count). The SMILES string of the molecule is CC1(C)c2ccccc2-c2ccc(N(c3ccc(-c4ccc5ccccc5c4)cc3)c3cccc(-c4cc5ccccc5c5ccccc45)c3)cc21. The van der Waals surface area contributed by atoms with Gasteiger partial charge in [0.05, 0.1) is 0 Å². The third kappa shape index (κ3) is 4.85. The smallest absolute Gasteiger partial charge is 0.0467 e. The van der Waals surface area contributed by atoms with Crippen LogP contribution in [0.3, 0.4) is 0 Å². The van der Waals surface area contributed by atoms with Crippen LogP contribution in [0, 0.1) is 0 Å². The van der Waals surface area contributed by atoms with Gasteiger partial charge in [-0.2, -0.15) is 0 Å². The molecule has 0 radical (unpaired) electrons. The van der Waals surface area contributed by atoms with Crippen LogP contribution in [0.15, 0.2) is 188 Å². The quantitative estimate of drug-likeness (QED) is 0.166. The second kappa shape index (κ2) is 11.8. The summed E-state index contributed by atoms with van der Waals surface area (Å²) >= 11 is 0. The molecule has 1 nitrogen and oxygen atoms in total. The molecule has 0 heterocycles. The van der Waals surface area contributed by atoms with Crippen molar-refractivity contribution in [3.63, 3.8) is 0 Å². The van der Waals surface area contributed by atoms with Crippen LogP contribution in [-0.2, 0) is 5.41 Å². The molecule has 0 fully saturated rings. The summed E-state index contributed by atoms with van der Waals surface area (Å²) in [5.74, 6) is 0. The molecule has 0 N–H and O–H groups in total. The lowest BCUT2D eigenvalue weighted by Gasteiger charge is -2.28. The molecule has 0 bridgehead atoms. The summed E-state index contributed by atoms with van der Waals surface area (Å²) in [7, 11) is 0. The first-order chi connectivity index (χ1) is 25.5. The van der Waals surface area contributed by atoms with Gasteiger partial charge in [0, 0.05) is 22.5 Å². The van der Waals surface area contributed by atoms with Crippen LogP contribution >= 0.6 is 0 Å². The lowest BCUT2D eigenvalue weighted by atomic mass is 9.82. The zero-order valence-corrected chi connectivity index (χ0v) is 29.3. The highest BCUT2D eigenvalue weighted by Crippen LogP contribution is 2.51. The third-order valence-corrected chi connectivity index (χ3v) is 11.2. The fraction of sp³-hybridized carbons (Fsp3) is 0.0588. The van der Waals surface area contributed by atoms with Gasteiger partial charge >= 0.3 is 0 Å². The van der Waals surface area contributed by atoms with Crippen LogP contribution < -0.4 is 4.90 Å². The number of anilines is 3. The summed E-state index contributed by atoms with van der Waals surface area (Å²) in [5, 5.41) is 7.60. The second-order valence-electron chi connectivity index (χ2n) is 14.6. The molecule has 0 aromatic heterocycles. The monoisotopic (exact) mass is 663 g/mol. The summed E-state index contributed by atoms with van der Waals surface area (Å²) in [5.41, 5.74) is 13.6. The molecule has 0 unspecified atom stereocenters. The van der Waals surface area contributed by atoms with E-state index in [2.05, 4.69) is 207 Å². The van der Waals surface area contributed by atoms with E-state index in [4.69, 9.17) is 0 Å². The summed E-state index contributed by atoms with van der Waals surface area (Å²) in [4.78, 5) is 2.43. The Kier molecular flexibility index (Phi) is 6.91. The Balaban J connectivity index is 1.14. The Hall–Kier alpha value is -6.44. The molecule has 1 aliphatic carbocycles. The number of benzene rings is 9. The molecule has 246 valence electrons. The van der Waals surface area contributed by atoms with Gasteiger partial charge < -0.3 is 4.90 Å². The zero-order chi connectivity index (χ0) is 34.8. The standard InChI is InChI=1S/C51H37N/c1-51(2)49-21-10-9-20-46(49)47-29-28-42(33-50(47)51)52(40-26-24-35(25-27-40)37-23-22-34-12-3-4-13-36(34)30-37)41-16-11-15-38(31-41)48-32-39-14-5-6-17-43(39)44-18-7-8-19-45(44)48/h3-33H,1-2H3. The van der Waals surface area contributed by atoms with Crippen molar-refractivity contribution in [2.45, 2.75) is 19.3 Å². The molecule has 0 saturated heterocycles. The Bertz CT molecular complexity index is 2820. The third-order valence-electron chi connectivity index (χ3n) is 11.2. The number of nitrogens with zero attached hydrogens (tertiary/aromatic N) is 1. The molecule has 52 heavy (non-hydrogen) atoms. The lowest BCUT2D eigenvalue weighted by Crippen LogP contribution is -2.16. The molecule has 9 aromatic carbocycles.